The van der Waals surface area contributed by atoms with Crippen LogP contribution in [0.2, 0.25) is 0 Å². The van der Waals surface area contributed by atoms with E-state index in [0.29, 0.717) is 30.6 Å². The van der Waals surface area contributed by atoms with Crippen molar-refractivity contribution in [2.24, 2.45) is 0 Å². The van der Waals surface area contributed by atoms with Crippen molar-refractivity contribution in [2.45, 2.75) is 18.3 Å². The molecular weight excluding hydrogens is 360 g/mol. The summed E-state index contributed by atoms with van der Waals surface area (Å²) >= 11 is 0. The maximum absolute atomic E-state index is 8.70. The minimum absolute atomic E-state index is 0.249. The number of nitrogen functional groups attached to an aromatic ring is 1. The number of hydrogen-bond acceptors (Lipinski definition) is 7. The van der Waals surface area contributed by atoms with Crippen molar-refractivity contribution in [1.82, 2.24) is 0 Å². The van der Waals surface area contributed by atoms with E-state index in [1.807, 2.05) is 12.1 Å². The van der Waals surface area contributed by atoms with Crippen molar-refractivity contribution in [3.05, 3.63) is 48.5 Å². The molecule has 0 aromatic heterocycles. The molecule has 2 aromatic carbocycles. The first kappa shape index (κ1) is 18.9. The molecule has 150 valence electrons. The van der Waals surface area contributed by atoms with Gasteiger partial charge in [0, 0.05) is 24.5 Å². The largest absolute Gasteiger partial charge is 0.508 e. The Morgan fingerprint density at radius 1 is 0.857 bits per heavy atom. The number of phenolic OH excluding ortho intramolecular Hbond substituents is 1. The van der Waals surface area contributed by atoms with Gasteiger partial charge in [-0.25, -0.2) is 0 Å². The van der Waals surface area contributed by atoms with Gasteiger partial charge in [0.05, 0.1) is 32.0 Å². The molecule has 5 rings (SSSR count). The predicted molar refractivity (Wildman–Crippen MR) is 106 cm³/mol. The van der Waals surface area contributed by atoms with Gasteiger partial charge in [-0.2, -0.15) is 0 Å². The molecule has 0 spiro atoms. The Kier molecular flexibility index (Phi) is 5.85. The molecule has 3 N–H and O–H groups in total. The van der Waals surface area contributed by atoms with E-state index in [0.717, 1.165) is 38.7 Å². The normalized spacial score (nSPS) is 23.9. The second-order valence-electron chi connectivity index (χ2n) is 7.17. The van der Waals surface area contributed by atoms with Gasteiger partial charge in [0.15, 0.2) is 0 Å². The molecule has 28 heavy (non-hydrogen) atoms. The molecule has 3 fully saturated rings. The number of nitrogens with zero attached hydrogens (tertiary/aromatic N) is 1. The first-order valence-corrected chi connectivity index (χ1v) is 9.53. The van der Waals surface area contributed by atoms with Gasteiger partial charge in [-0.05, 0) is 48.5 Å². The molecule has 3 aliphatic rings. The molecule has 3 unspecified atom stereocenters. The third kappa shape index (κ3) is 6.30. The van der Waals surface area contributed by atoms with Gasteiger partial charge in [0.2, 0.25) is 0 Å². The Labute approximate surface area is 164 Å². The van der Waals surface area contributed by atoms with Gasteiger partial charge in [0.1, 0.15) is 24.2 Å². The first-order chi connectivity index (χ1) is 13.7. The van der Waals surface area contributed by atoms with Crippen LogP contribution in [0, 0.1) is 0 Å². The van der Waals surface area contributed by atoms with Gasteiger partial charge in [-0.1, -0.05) is 0 Å². The van der Waals surface area contributed by atoms with Crippen LogP contribution in [0.5, 0.6) is 11.5 Å². The molecular formula is C21H26N2O5. The molecule has 7 heteroatoms. The maximum atomic E-state index is 8.70. The van der Waals surface area contributed by atoms with E-state index in [9.17, 15) is 0 Å². The van der Waals surface area contributed by atoms with E-state index in [-0.39, 0.29) is 5.75 Å². The Morgan fingerprint density at radius 2 is 1.39 bits per heavy atom. The van der Waals surface area contributed by atoms with Gasteiger partial charge in [0.25, 0.3) is 0 Å². The third-order valence-electron chi connectivity index (χ3n) is 4.59. The predicted octanol–water partition coefficient (Wildman–Crippen LogP) is 2.04. The van der Waals surface area contributed by atoms with Crippen LogP contribution in [0.4, 0.5) is 11.4 Å². The third-order valence-corrected chi connectivity index (χ3v) is 4.59. The summed E-state index contributed by atoms with van der Waals surface area (Å²) in [5, 5.41) is 8.70. The van der Waals surface area contributed by atoms with Crippen molar-refractivity contribution in [3.63, 3.8) is 0 Å². The highest BCUT2D eigenvalue weighted by Gasteiger charge is 2.31. The molecule has 3 atom stereocenters. The average molecular weight is 386 g/mol. The van der Waals surface area contributed by atoms with E-state index < -0.39 is 0 Å². The van der Waals surface area contributed by atoms with Crippen LogP contribution in [-0.4, -0.2) is 62.9 Å². The van der Waals surface area contributed by atoms with Gasteiger partial charge >= 0.3 is 0 Å². The van der Waals surface area contributed by atoms with Crippen LogP contribution in [0.1, 0.15) is 0 Å². The van der Waals surface area contributed by atoms with E-state index in [1.165, 1.54) is 5.69 Å². The first-order valence-electron chi connectivity index (χ1n) is 9.53. The molecule has 3 aliphatic heterocycles. The number of phenols is 1. The summed E-state index contributed by atoms with van der Waals surface area (Å²) in [6.07, 6.45) is 1.07. The summed E-state index contributed by atoms with van der Waals surface area (Å²) in [6, 6.07) is 14.6. The lowest BCUT2D eigenvalue weighted by Crippen LogP contribution is -2.31. The van der Waals surface area contributed by atoms with Crippen LogP contribution in [0.3, 0.4) is 0 Å². The Balaban J connectivity index is 0.000000203. The fourth-order valence-electron chi connectivity index (χ4n) is 2.70. The van der Waals surface area contributed by atoms with Crippen molar-refractivity contribution >= 4 is 11.4 Å². The number of nitrogens with two attached hydrogens (primary N) is 1. The average Bonchev–Trinajstić information content (AvgIpc) is 3.55. The lowest BCUT2D eigenvalue weighted by Gasteiger charge is -2.23. The van der Waals surface area contributed by atoms with Crippen molar-refractivity contribution < 1.29 is 24.1 Å². The van der Waals surface area contributed by atoms with Crippen LogP contribution >= 0.6 is 0 Å². The number of epoxide rings is 3. The number of benzene rings is 2. The molecule has 7 nitrogen and oxygen atoms in total. The molecule has 2 aromatic rings. The van der Waals surface area contributed by atoms with Crippen LogP contribution in [-0.2, 0) is 14.2 Å². The highest BCUT2D eigenvalue weighted by molar-refractivity contribution is 5.49. The lowest BCUT2D eigenvalue weighted by atomic mass is 10.2. The smallest absolute Gasteiger partial charge is 0.119 e. The quantitative estimate of drug-likeness (QED) is 0.407. The van der Waals surface area contributed by atoms with Crippen molar-refractivity contribution in [2.75, 3.05) is 50.2 Å². The van der Waals surface area contributed by atoms with Gasteiger partial charge < -0.3 is 34.7 Å². The lowest BCUT2D eigenvalue weighted by molar-refractivity contribution is 0.263. The number of anilines is 2. The van der Waals surface area contributed by atoms with Crippen molar-refractivity contribution in [1.29, 1.82) is 0 Å². The zero-order chi connectivity index (χ0) is 19.3. The molecule has 3 heterocycles. The van der Waals surface area contributed by atoms with Crippen LogP contribution < -0.4 is 15.4 Å². The highest BCUT2D eigenvalue weighted by atomic mass is 16.6. The van der Waals surface area contributed by atoms with Gasteiger partial charge in [-0.3, -0.25) is 0 Å². The minimum atomic E-state index is 0.249. The minimum Gasteiger partial charge on any atom is -0.508 e. The summed E-state index contributed by atoms with van der Waals surface area (Å²) in [5.74, 6) is 1.15. The summed E-state index contributed by atoms with van der Waals surface area (Å²) in [7, 11) is 0. The second-order valence-corrected chi connectivity index (χ2v) is 7.17. The zero-order valence-corrected chi connectivity index (χ0v) is 15.7. The fourth-order valence-corrected chi connectivity index (χ4v) is 2.70. The Bertz CT molecular complexity index is 705. The number of hydrogen-bond donors (Lipinski definition) is 2. The molecule has 0 amide bonds. The van der Waals surface area contributed by atoms with E-state index in [1.54, 1.807) is 24.3 Å². The number of rotatable bonds is 8. The maximum Gasteiger partial charge on any atom is 0.119 e. The van der Waals surface area contributed by atoms with E-state index in [2.05, 4.69) is 17.0 Å². The zero-order valence-electron chi connectivity index (χ0n) is 15.7. The SMILES string of the molecule is Nc1ccc(O)cc1.c1cc(N(CC2CO2)CC2CO2)ccc1OCC1CO1. The summed E-state index contributed by atoms with van der Waals surface area (Å²) in [6.45, 7) is 5.12. The summed E-state index contributed by atoms with van der Waals surface area (Å²) < 4.78 is 21.5. The molecule has 0 aliphatic carbocycles. The topological polar surface area (TPSA) is 96.3 Å². The Morgan fingerprint density at radius 3 is 1.86 bits per heavy atom. The summed E-state index contributed by atoms with van der Waals surface area (Å²) in [4.78, 5) is 2.34. The standard InChI is InChI=1S/C15H19NO4.C6H7NO/c1-3-12(17-9-15-10-20-15)4-2-11(1)16(5-13-7-18-13)6-14-8-19-14;7-5-1-3-6(8)4-2-5/h1-4,13-15H,5-10H2;1-4,8H,7H2. The molecule has 0 bridgehead atoms. The van der Waals surface area contributed by atoms with E-state index >= 15 is 0 Å². The second kappa shape index (κ2) is 8.68. The van der Waals surface area contributed by atoms with Crippen LogP contribution in [0.15, 0.2) is 48.5 Å². The molecule has 3 saturated heterocycles. The molecule has 0 radical (unpaired) electrons. The van der Waals surface area contributed by atoms with E-state index in [4.69, 9.17) is 29.8 Å². The van der Waals surface area contributed by atoms with Gasteiger partial charge in [-0.15, -0.1) is 0 Å². The fraction of sp³-hybridized carbons (Fsp3) is 0.429. The Hall–Kier alpha value is -2.48. The highest BCUT2D eigenvalue weighted by Crippen LogP contribution is 2.25. The number of ether oxygens (including phenoxy) is 4. The molecule has 0 saturated carbocycles. The monoisotopic (exact) mass is 386 g/mol. The van der Waals surface area contributed by atoms with Crippen LogP contribution in [0.25, 0.3) is 0 Å². The number of aromatic hydroxyl groups is 1. The summed E-state index contributed by atoms with van der Waals surface area (Å²) in [5.41, 5.74) is 7.18. The van der Waals surface area contributed by atoms with Crippen molar-refractivity contribution in [3.8, 4) is 11.5 Å².